The highest BCUT2D eigenvalue weighted by atomic mass is 35.5. The van der Waals surface area contributed by atoms with Gasteiger partial charge in [0.2, 0.25) is 11.9 Å². The number of nitrogens with one attached hydrogen (secondary N) is 1. The molecule has 0 saturated carbocycles. The first kappa shape index (κ1) is 17.5. The molecule has 2 aromatic carbocycles. The van der Waals surface area contributed by atoms with Crippen molar-refractivity contribution in [3.05, 3.63) is 58.9 Å². The monoisotopic (exact) mass is 398 g/mol. The molecule has 5 rings (SSSR count). The Balaban J connectivity index is 1.71. The summed E-state index contributed by atoms with van der Waals surface area (Å²) in [6, 6.07) is 13.0. The number of fused-ring (bicyclic) bond motifs is 5. The highest BCUT2D eigenvalue weighted by Gasteiger charge is 2.37. The van der Waals surface area contributed by atoms with Crippen molar-refractivity contribution in [2.24, 2.45) is 4.99 Å². The minimum atomic E-state index is -0.458. The van der Waals surface area contributed by atoms with E-state index < -0.39 is 6.17 Å². The first-order chi connectivity index (χ1) is 13.5. The van der Waals surface area contributed by atoms with Crippen LogP contribution in [0.4, 0.5) is 10.3 Å². The first-order valence-electron chi connectivity index (χ1n) is 9.27. The molecule has 8 heteroatoms. The molecule has 0 aliphatic carbocycles. The van der Waals surface area contributed by atoms with E-state index in [-0.39, 0.29) is 5.82 Å². The fraction of sp³-hybridized carbons (Fsp3) is 0.300. The van der Waals surface area contributed by atoms with Gasteiger partial charge in [-0.15, -0.1) is 0 Å². The summed E-state index contributed by atoms with van der Waals surface area (Å²) in [6.07, 6.45) is -0.458. The number of anilines is 1. The van der Waals surface area contributed by atoms with E-state index in [0.29, 0.717) is 35.9 Å². The van der Waals surface area contributed by atoms with Crippen LogP contribution in [-0.2, 0) is 0 Å². The van der Waals surface area contributed by atoms with E-state index in [1.165, 1.54) is 6.07 Å². The number of halogens is 2. The van der Waals surface area contributed by atoms with E-state index >= 15 is 0 Å². The predicted octanol–water partition coefficient (Wildman–Crippen LogP) is 3.78. The maximum atomic E-state index is 14.8. The fourth-order valence-corrected chi connectivity index (χ4v) is 3.91. The lowest BCUT2D eigenvalue weighted by Gasteiger charge is -2.42. The normalized spacial score (nSPS) is 19.4. The zero-order chi connectivity index (χ0) is 19.4. The second-order valence-electron chi connectivity index (χ2n) is 7.36. The fourth-order valence-electron chi connectivity index (χ4n) is 3.75. The van der Waals surface area contributed by atoms with Gasteiger partial charge in [0, 0.05) is 16.6 Å². The van der Waals surface area contributed by atoms with Gasteiger partial charge >= 0.3 is 0 Å². The summed E-state index contributed by atoms with van der Waals surface area (Å²) in [7, 11) is 0. The van der Waals surface area contributed by atoms with Gasteiger partial charge in [0.15, 0.2) is 0 Å². The van der Waals surface area contributed by atoms with Gasteiger partial charge in [-0.3, -0.25) is 14.4 Å². The van der Waals surface area contributed by atoms with Gasteiger partial charge in [-0.1, -0.05) is 29.8 Å². The van der Waals surface area contributed by atoms with Gasteiger partial charge in [0.25, 0.3) is 0 Å². The number of rotatable bonds is 2. The number of hydrogen-bond acceptors (Lipinski definition) is 5. The Morgan fingerprint density at radius 3 is 2.82 bits per heavy atom. The van der Waals surface area contributed by atoms with E-state index in [4.69, 9.17) is 21.6 Å². The minimum absolute atomic E-state index is 0.356. The number of guanidine groups is 1. The summed E-state index contributed by atoms with van der Waals surface area (Å²) >= 11 is 5.97. The van der Waals surface area contributed by atoms with E-state index in [9.17, 15) is 4.39 Å². The van der Waals surface area contributed by atoms with Crippen LogP contribution in [0.2, 0.25) is 5.02 Å². The van der Waals surface area contributed by atoms with Gasteiger partial charge < -0.3 is 5.32 Å². The quantitative estimate of drug-likeness (QED) is 0.713. The third-order valence-electron chi connectivity index (χ3n) is 5.31. The molecule has 1 aromatic heterocycles. The maximum Gasteiger partial charge on any atom is 0.216 e. The van der Waals surface area contributed by atoms with Crippen LogP contribution in [-0.4, -0.2) is 39.8 Å². The highest BCUT2D eigenvalue weighted by molar-refractivity contribution is 6.30. The third-order valence-corrected chi connectivity index (χ3v) is 5.55. The van der Waals surface area contributed by atoms with E-state index in [0.717, 1.165) is 17.0 Å². The standard InChI is InChI=1S/C20H20ClFN6/c1-12(2)26-10-23-19-25-18(14-8-7-13(21)9-15(14)22)28-17-6-4-3-5-16(17)24-20(28)27(19)11-26/h3-9,12,18H,10-11H2,1-2H3,(H,23,25)/t18-/m1/s1. The second kappa shape index (κ2) is 6.46. The van der Waals surface area contributed by atoms with Gasteiger partial charge in [-0.05, 0) is 38.1 Å². The molecule has 0 bridgehead atoms. The average molecular weight is 399 g/mol. The van der Waals surface area contributed by atoms with Gasteiger partial charge in [0.1, 0.15) is 12.0 Å². The smallest absolute Gasteiger partial charge is 0.216 e. The predicted molar refractivity (Wildman–Crippen MR) is 109 cm³/mol. The summed E-state index contributed by atoms with van der Waals surface area (Å²) in [5.74, 6) is 1.10. The van der Waals surface area contributed by atoms with Crippen LogP contribution >= 0.6 is 11.6 Å². The molecule has 6 nitrogen and oxygen atoms in total. The number of hydrogen-bond donors (Lipinski definition) is 1. The van der Waals surface area contributed by atoms with Crippen LogP contribution in [0.15, 0.2) is 47.5 Å². The number of imidazole rings is 1. The van der Waals surface area contributed by atoms with Crippen LogP contribution in [0.5, 0.6) is 0 Å². The summed E-state index contributed by atoms with van der Waals surface area (Å²) < 4.78 is 16.8. The van der Waals surface area contributed by atoms with Gasteiger partial charge in [0.05, 0.1) is 24.4 Å². The molecule has 1 atom stereocenters. The van der Waals surface area contributed by atoms with Crippen LogP contribution in [0, 0.1) is 5.82 Å². The summed E-state index contributed by atoms with van der Waals surface area (Å²) in [6.45, 7) is 5.55. The summed E-state index contributed by atoms with van der Waals surface area (Å²) in [4.78, 5) is 13.8. The second-order valence-corrected chi connectivity index (χ2v) is 7.79. The molecule has 144 valence electrons. The van der Waals surface area contributed by atoms with Crippen molar-refractivity contribution in [2.45, 2.75) is 26.1 Å². The zero-order valence-electron chi connectivity index (χ0n) is 15.6. The Bertz CT molecular complexity index is 1090. The molecular weight excluding hydrogens is 379 g/mol. The lowest BCUT2D eigenvalue weighted by Crippen LogP contribution is -2.58. The molecule has 0 saturated heterocycles. The Morgan fingerprint density at radius 1 is 1.21 bits per heavy atom. The molecule has 28 heavy (non-hydrogen) atoms. The van der Waals surface area contributed by atoms with E-state index in [2.05, 4.69) is 24.1 Å². The van der Waals surface area contributed by atoms with Crippen molar-refractivity contribution in [3.63, 3.8) is 0 Å². The van der Waals surface area contributed by atoms with Gasteiger partial charge in [-0.2, -0.15) is 0 Å². The van der Waals surface area contributed by atoms with Crippen molar-refractivity contribution in [3.8, 4) is 0 Å². The van der Waals surface area contributed by atoms with Crippen molar-refractivity contribution < 1.29 is 4.39 Å². The van der Waals surface area contributed by atoms with Gasteiger partial charge in [-0.25, -0.2) is 14.4 Å². The minimum Gasteiger partial charge on any atom is -0.331 e. The Morgan fingerprint density at radius 2 is 2.04 bits per heavy atom. The average Bonchev–Trinajstić information content (AvgIpc) is 3.07. The Kier molecular flexibility index (Phi) is 4.03. The summed E-state index contributed by atoms with van der Waals surface area (Å²) in [5.41, 5.74) is 2.30. The van der Waals surface area contributed by atoms with E-state index in [1.807, 2.05) is 33.7 Å². The summed E-state index contributed by atoms with van der Waals surface area (Å²) in [5, 5.41) is 3.79. The number of para-hydroxylation sites is 2. The first-order valence-corrected chi connectivity index (χ1v) is 9.65. The topological polar surface area (TPSA) is 48.7 Å². The molecule has 0 amide bonds. The molecule has 2 aliphatic heterocycles. The van der Waals surface area contributed by atoms with Crippen LogP contribution in [0.25, 0.3) is 11.0 Å². The third kappa shape index (κ3) is 2.65. The molecule has 0 radical (unpaired) electrons. The van der Waals surface area contributed by atoms with Crippen molar-refractivity contribution in [2.75, 3.05) is 18.2 Å². The molecule has 0 spiro atoms. The molecule has 0 fully saturated rings. The largest absolute Gasteiger partial charge is 0.331 e. The number of aromatic nitrogens is 2. The molecule has 2 aliphatic rings. The molecule has 3 heterocycles. The molecular formula is C20H20ClFN6. The number of benzene rings is 2. The van der Waals surface area contributed by atoms with Crippen molar-refractivity contribution in [1.29, 1.82) is 0 Å². The Hall–Kier alpha value is -2.64. The SMILES string of the molecule is CC(C)N1CN=C2N[C@@H](c3ccc(Cl)cc3F)n3c(nc4ccccc43)N2C1. The van der Waals surface area contributed by atoms with E-state index in [1.54, 1.807) is 12.1 Å². The van der Waals surface area contributed by atoms with Crippen LogP contribution < -0.4 is 10.2 Å². The number of nitrogens with zero attached hydrogens (tertiary/aromatic N) is 5. The maximum absolute atomic E-state index is 14.8. The lowest BCUT2D eigenvalue weighted by atomic mass is 10.1. The molecule has 1 N–H and O–H groups in total. The lowest BCUT2D eigenvalue weighted by molar-refractivity contribution is 0.221. The van der Waals surface area contributed by atoms with Crippen LogP contribution in [0.3, 0.4) is 0 Å². The van der Waals surface area contributed by atoms with Crippen LogP contribution in [0.1, 0.15) is 25.6 Å². The number of aliphatic imine (C=N–C) groups is 1. The molecule has 3 aromatic rings. The Labute approximate surface area is 167 Å². The van der Waals surface area contributed by atoms with Crippen molar-refractivity contribution in [1.82, 2.24) is 19.8 Å². The van der Waals surface area contributed by atoms with Crippen molar-refractivity contribution >= 4 is 34.5 Å². The zero-order valence-corrected chi connectivity index (χ0v) is 16.4. The highest BCUT2D eigenvalue weighted by Crippen LogP contribution is 2.35. The molecule has 0 unspecified atom stereocenters.